The third-order valence-corrected chi connectivity index (χ3v) is 5.87. The van der Waals surface area contributed by atoms with Crippen molar-refractivity contribution in [1.82, 2.24) is 0 Å². The number of anilines is 1. The zero-order chi connectivity index (χ0) is 24.0. The van der Waals surface area contributed by atoms with Gasteiger partial charge < -0.3 is 15.9 Å². The number of nitro benzene ring substituents is 1. The van der Waals surface area contributed by atoms with E-state index in [4.69, 9.17) is 5.73 Å². The first-order valence-corrected chi connectivity index (χ1v) is 11.0. The molecule has 0 spiro atoms. The highest BCUT2D eigenvalue weighted by Gasteiger charge is 2.25. The molecule has 6 N–H and O–H groups in total. The Kier molecular flexibility index (Phi) is 5.48. The molecule has 16 heteroatoms. The smallest absolute Gasteiger partial charge is 0.298 e. The van der Waals surface area contributed by atoms with Crippen LogP contribution in [0.15, 0.2) is 56.4 Å². The van der Waals surface area contributed by atoms with Gasteiger partial charge in [-0.15, -0.1) is 10.2 Å². The summed E-state index contributed by atoms with van der Waals surface area (Å²) in [6.07, 6.45) is 0. The molecule has 0 heterocycles. The first-order valence-electron chi connectivity index (χ1n) is 8.13. The minimum Gasteiger partial charge on any atom is -0.505 e. The molecule has 3 rings (SSSR count). The first kappa shape index (κ1) is 22.8. The van der Waals surface area contributed by atoms with Crippen LogP contribution in [0.4, 0.5) is 22.7 Å². The largest absolute Gasteiger partial charge is 0.505 e. The van der Waals surface area contributed by atoms with Gasteiger partial charge in [-0.2, -0.15) is 16.8 Å². The van der Waals surface area contributed by atoms with Crippen molar-refractivity contribution in [3.8, 4) is 11.5 Å². The molecule has 0 radical (unpaired) electrons. The van der Waals surface area contributed by atoms with Gasteiger partial charge in [0.1, 0.15) is 21.2 Å². The summed E-state index contributed by atoms with van der Waals surface area (Å²) in [4.78, 5) is 7.82. The maximum absolute atomic E-state index is 11.8. The molecule has 0 aromatic heterocycles. The molecule has 0 unspecified atom stereocenters. The first-order chi connectivity index (χ1) is 14.7. The van der Waals surface area contributed by atoms with Gasteiger partial charge >= 0.3 is 0 Å². The lowest BCUT2D eigenvalue weighted by atomic mass is 10.1. The standard InChI is InChI=1S/C16H12N4O10S2/c17-8-1-2-10-7(3-8)4-12(31(25,26)27)14(15(10)21)19-18-11-5-9(20(23)24)6-13(16(11)22)32(28,29)30/h1-6,21-22H,17H2,(H,25,26,27)(H,28,29,30). The average Bonchev–Trinajstić information content (AvgIpc) is 2.65. The van der Waals surface area contributed by atoms with Crippen LogP contribution in [-0.2, 0) is 20.2 Å². The normalized spacial score (nSPS) is 12.4. The van der Waals surface area contributed by atoms with Crippen LogP contribution < -0.4 is 5.73 Å². The molecule has 0 saturated heterocycles. The second kappa shape index (κ2) is 7.68. The van der Waals surface area contributed by atoms with Crippen molar-refractivity contribution in [3.05, 3.63) is 46.5 Å². The van der Waals surface area contributed by atoms with E-state index in [1.54, 1.807) is 0 Å². The van der Waals surface area contributed by atoms with Gasteiger partial charge in [0.15, 0.2) is 11.5 Å². The number of fused-ring (bicyclic) bond motifs is 1. The van der Waals surface area contributed by atoms with Crippen molar-refractivity contribution in [3.63, 3.8) is 0 Å². The monoisotopic (exact) mass is 484 g/mol. The molecule has 0 atom stereocenters. The number of aromatic hydroxyl groups is 2. The van der Waals surface area contributed by atoms with Gasteiger partial charge in [-0.25, -0.2) is 0 Å². The Morgan fingerprint density at radius 1 is 0.875 bits per heavy atom. The summed E-state index contributed by atoms with van der Waals surface area (Å²) in [6.45, 7) is 0. The molecule has 14 nitrogen and oxygen atoms in total. The molecule has 3 aromatic carbocycles. The Morgan fingerprint density at radius 2 is 1.50 bits per heavy atom. The van der Waals surface area contributed by atoms with E-state index in [-0.39, 0.29) is 16.5 Å². The molecule has 168 valence electrons. The predicted octanol–water partition coefficient (Wildman–Crippen LogP) is 2.65. The maximum Gasteiger partial charge on any atom is 0.298 e. The number of nitro groups is 1. The Bertz CT molecular complexity index is 1530. The summed E-state index contributed by atoms with van der Waals surface area (Å²) in [5, 5.41) is 38.6. The quantitative estimate of drug-likeness (QED) is 0.116. The molecule has 0 aliphatic rings. The number of azo groups is 1. The van der Waals surface area contributed by atoms with E-state index in [9.17, 15) is 46.3 Å². The van der Waals surface area contributed by atoms with E-state index in [2.05, 4.69) is 10.2 Å². The van der Waals surface area contributed by atoms with E-state index < -0.39 is 63.5 Å². The van der Waals surface area contributed by atoms with E-state index in [1.807, 2.05) is 0 Å². The lowest BCUT2D eigenvalue weighted by Crippen LogP contribution is -2.00. The van der Waals surface area contributed by atoms with Gasteiger partial charge in [-0.1, -0.05) is 0 Å². The summed E-state index contributed by atoms with van der Waals surface area (Å²) in [5.41, 5.74) is 3.26. The van der Waals surface area contributed by atoms with Crippen molar-refractivity contribution in [1.29, 1.82) is 0 Å². The maximum atomic E-state index is 11.8. The van der Waals surface area contributed by atoms with Crippen molar-refractivity contribution >= 4 is 53.8 Å². The van der Waals surface area contributed by atoms with Gasteiger partial charge in [0.25, 0.3) is 25.9 Å². The van der Waals surface area contributed by atoms with Crippen molar-refractivity contribution in [2.45, 2.75) is 9.79 Å². The van der Waals surface area contributed by atoms with Gasteiger partial charge in [0, 0.05) is 23.2 Å². The lowest BCUT2D eigenvalue weighted by molar-refractivity contribution is -0.385. The number of rotatable bonds is 5. The molecule has 0 fully saturated rings. The molecular weight excluding hydrogens is 472 g/mol. The SMILES string of the molecule is Nc1ccc2c(O)c(N=Nc3cc([N+](=O)[O-])cc(S(=O)(=O)O)c3O)c(S(=O)(=O)O)cc2c1. The van der Waals surface area contributed by atoms with Crippen LogP contribution >= 0.6 is 0 Å². The Morgan fingerprint density at radius 3 is 2.06 bits per heavy atom. The van der Waals surface area contributed by atoms with Crippen molar-refractivity contribution in [2.24, 2.45) is 10.2 Å². The van der Waals surface area contributed by atoms with E-state index in [1.165, 1.54) is 18.2 Å². The third kappa shape index (κ3) is 4.28. The number of phenolic OH excluding ortho intramolecular Hbond substituents is 2. The van der Waals surface area contributed by atoms with Gasteiger partial charge in [-0.3, -0.25) is 19.2 Å². The molecule has 3 aromatic rings. The molecule has 0 aliphatic carbocycles. The Hall–Kier alpha value is -3.86. The fourth-order valence-electron chi connectivity index (χ4n) is 2.72. The average molecular weight is 484 g/mol. The number of phenols is 2. The zero-order valence-corrected chi connectivity index (χ0v) is 17.1. The summed E-state index contributed by atoms with van der Waals surface area (Å²) in [5.74, 6) is -2.01. The van der Waals surface area contributed by atoms with Crippen LogP contribution in [0.25, 0.3) is 10.8 Å². The van der Waals surface area contributed by atoms with Crippen LogP contribution in [0.5, 0.6) is 11.5 Å². The van der Waals surface area contributed by atoms with Crippen LogP contribution in [0.1, 0.15) is 0 Å². The Labute approximate surface area is 178 Å². The van der Waals surface area contributed by atoms with E-state index >= 15 is 0 Å². The number of nitrogen functional groups attached to an aromatic ring is 1. The van der Waals surface area contributed by atoms with E-state index in [0.717, 1.165) is 6.07 Å². The second-order valence-electron chi connectivity index (χ2n) is 6.27. The topological polar surface area (TPSA) is 243 Å². The Balaban J connectivity index is 2.32. The fourth-order valence-corrected chi connectivity index (χ4v) is 4.00. The molecule has 0 aliphatic heterocycles. The minimum absolute atomic E-state index is 0.0439. The van der Waals surface area contributed by atoms with E-state index in [0.29, 0.717) is 12.1 Å². The molecular formula is C16H12N4O10S2. The number of nitrogens with two attached hydrogens (primary N) is 1. The van der Waals surface area contributed by atoms with Crippen LogP contribution in [-0.4, -0.2) is 41.1 Å². The highest BCUT2D eigenvalue weighted by Crippen LogP contribution is 2.43. The van der Waals surface area contributed by atoms with Crippen LogP contribution in [0.2, 0.25) is 0 Å². The highest BCUT2D eigenvalue weighted by atomic mass is 32.2. The second-order valence-corrected chi connectivity index (χ2v) is 9.05. The van der Waals surface area contributed by atoms with Crippen LogP contribution in [0, 0.1) is 10.1 Å². The number of non-ortho nitro benzene ring substituents is 1. The van der Waals surface area contributed by atoms with Gasteiger partial charge in [0.2, 0.25) is 0 Å². The molecule has 0 saturated carbocycles. The summed E-state index contributed by atoms with van der Waals surface area (Å²) < 4.78 is 65.1. The zero-order valence-electron chi connectivity index (χ0n) is 15.4. The number of hydrogen-bond donors (Lipinski definition) is 5. The fraction of sp³-hybridized carbons (Fsp3) is 0. The summed E-state index contributed by atoms with van der Waals surface area (Å²) in [6, 6.07) is 5.86. The molecule has 0 bridgehead atoms. The van der Waals surface area contributed by atoms with Gasteiger partial charge in [0.05, 0.1) is 4.92 Å². The highest BCUT2D eigenvalue weighted by molar-refractivity contribution is 7.86. The number of hydrogen-bond acceptors (Lipinski definition) is 11. The third-order valence-electron chi connectivity index (χ3n) is 4.14. The summed E-state index contributed by atoms with van der Waals surface area (Å²) in [7, 11) is -10.1. The van der Waals surface area contributed by atoms with Crippen molar-refractivity contribution in [2.75, 3.05) is 5.73 Å². The summed E-state index contributed by atoms with van der Waals surface area (Å²) >= 11 is 0. The lowest BCUT2D eigenvalue weighted by Gasteiger charge is -2.09. The van der Waals surface area contributed by atoms with Gasteiger partial charge in [-0.05, 0) is 29.7 Å². The van der Waals surface area contributed by atoms with Crippen LogP contribution in [0.3, 0.4) is 0 Å². The number of benzene rings is 3. The molecule has 32 heavy (non-hydrogen) atoms. The minimum atomic E-state index is -5.12. The molecule has 0 amide bonds. The van der Waals surface area contributed by atoms with Crippen molar-refractivity contribution < 1.29 is 41.1 Å². The predicted molar refractivity (Wildman–Crippen MR) is 109 cm³/mol. The number of nitrogens with zero attached hydrogens (tertiary/aromatic N) is 3.